The Morgan fingerprint density at radius 2 is 2.25 bits per heavy atom. The number of nitrogens with zero attached hydrogens (tertiary/aromatic N) is 1. The Bertz CT molecular complexity index is 537. The standard InChI is InChI=1S/C16H20BrNO2/c1-12-4-5-13(14(17)10-12)6-7-15(19)18-9-3-8-16(2,20)11-18/h4-7,10,20H,3,8-9,11H2,1-2H3/b7-6+. The SMILES string of the molecule is Cc1ccc(/C=C/C(=O)N2CCCC(C)(O)C2)c(Br)c1. The zero-order chi connectivity index (χ0) is 14.8. The zero-order valence-electron chi connectivity index (χ0n) is 11.9. The second-order valence-corrected chi connectivity index (χ2v) is 6.57. The van der Waals surface area contributed by atoms with Crippen LogP contribution in [0.5, 0.6) is 0 Å². The topological polar surface area (TPSA) is 40.5 Å². The number of hydrogen-bond acceptors (Lipinski definition) is 2. The fourth-order valence-electron chi connectivity index (χ4n) is 2.44. The smallest absolute Gasteiger partial charge is 0.246 e. The normalized spacial score (nSPS) is 23.3. The second kappa shape index (κ2) is 6.10. The third-order valence-corrected chi connectivity index (χ3v) is 4.23. The number of rotatable bonds is 2. The van der Waals surface area contributed by atoms with Crippen molar-refractivity contribution in [1.29, 1.82) is 0 Å². The lowest BCUT2D eigenvalue weighted by Crippen LogP contribution is -2.48. The van der Waals surface area contributed by atoms with Crippen LogP contribution < -0.4 is 0 Å². The molecule has 1 N–H and O–H groups in total. The predicted molar refractivity (Wildman–Crippen MR) is 84.4 cm³/mol. The van der Waals surface area contributed by atoms with Crippen LogP contribution in [0, 0.1) is 6.92 Å². The van der Waals surface area contributed by atoms with Crippen LogP contribution in [0.2, 0.25) is 0 Å². The maximum absolute atomic E-state index is 12.2. The van der Waals surface area contributed by atoms with Crippen LogP contribution in [0.1, 0.15) is 30.9 Å². The van der Waals surface area contributed by atoms with Crippen LogP contribution >= 0.6 is 15.9 Å². The first-order valence-electron chi connectivity index (χ1n) is 6.83. The molecular formula is C16H20BrNO2. The molecular weight excluding hydrogens is 318 g/mol. The van der Waals surface area contributed by atoms with Gasteiger partial charge in [0.05, 0.1) is 5.60 Å². The molecule has 2 rings (SSSR count). The number of amides is 1. The minimum absolute atomic E-state index is 0.0440. The van der Waals surface area contributed by atoms with Crippen molar-refractivity contribution in [3.63, 3.8) is 0 Å². The van der Waals surface area contributed by atoms with E-state index in [1.165, 1.54) is 5.56 Å². The number of likely N-dealkylation sites (tertiary alicyclic amines) is 1. The van der Waals surface area contributed by atoms with E-state index in [1.54, 1.807) is 17.9 Å². The first-order chi connectivity index (χ1) is 9.37. The van der Waals surface area contributed by atoms with Crippen LogP contribution in [0.3, 0.4) is 0 Å². The number of halogens is 1. The molecule has 108 valence electrons. The minimum atomic E-state index is -0.758. The van der Waals surface area contributed by atoms with E-state index in [2.05, 4.69) is 15.9 Å². The van der Waals surface area contributed by atoms with E-state index in [1.807, 2.05) is 31.2 Å². The summed E-state index contributed by atoms with van der Waals surface area (Å²) in [5.41, 5.74) is 1.40. The molecule has 20 heavy (non-hydrogen) atoms. The van der Waals surface area contributed by atoms with E-state index in [4.69, 9.17) is 0 Å². The van der Waals surface area contributed by atoms with Gasteiger partial charge in [-0.15, -0.1) is 0 Å². The Kier molecular flexibility index (Phi) is 4.66. The second-order valence-electron chi connectivity index (χ2n) is 5.72. The highest BCUT2D eigenvalue weighted by Crippen LogP contribution is 2.22. The summed E-state index contributed by atoms with van der Waals surface area (Å²) in [5.74, 6) is -0.0440. The van der Waals surface area contributed by atoms with Crippen molar-refractivity contribution in [2.24, 2.45) is 0 Å². The molecule has 1 unspecified atom stereocenters. The van der Waals surface area contributed by atoms with Gasteiger partial charge in [0.15, 0.2) is 0 Å². The van der Waals surface area contributed by atoms with Gasteiger partial charge in [0.1, 0.15) is 0 Å². The number of hydrogen-bond donors (Lipinski definition) is 1. The summed E-state index contributed by atoms with van der Waals surface area (Å²) in [6.45, 7) is 4.94. The molecule has 1 atom stereocenters. The summed E-state index contributed by atoms with van der Waals surface area (Å²) >= 11 is 3.50. The molecule has 1 aliphatic heterocycles. The van der Waals surface area contributed by atoms with Gasteiger partial charge in [0.25, 0.3) is 0 Å². The molecule has 1 heterocycles. The van der Waals surface area contributed by atoms with Gasteiger partial charge in [0, 0.05) is 23.6 Å². The van der Waals surface area contributed by atoms with Crippen molar-refractivity contribution in [3.8, 4) is 0 Å². The molecule has 0 bridgehead atoms. The zero-order valence-corrected chi connectivity index (χ0v) is 13.5. The Balaban J connectivity index is 2.05. The fraction of sp³-hybridized carbons (Fsp3) is 0.438. The summed E-state index contributed by atoms with van der Waals surface area (Å²) in [6.07, 6.45) is 5.00. The fourth-order valence-corrected chi connectivity index (χ4v) is 3.07. The number of piperidine rings is 1. The summed E-state index contributed by atoms with van der Waals surface area (Å²) in [5, 5.41) is 10.0. The number of aryl methyl sites for hydroxylation is 1. The maximum atomic E-state index is 12.2. The quantitative estimate of drug-likeness (QED) is 0.842. The largest absolute Gasteiger partial charge is 0.388 e. The van der Waals surface area contributed by atoms with Crippen LogP contribution in [0.15, 0.2) is 28.7 Å². The van der Waals surface area contributed by atoms with Crippen molar-refractivity contribution >= 4 is 27.9 Å². The summed E-state index contributed by atoms with van der Waals surface area (Å²) in [6, 6.07) is 6.02. The Labute approximate surface area is 128 Å². The lowest BCUT2D eigenvalue weighted by molar-refractivity contribution is -0.132. The average Bonchev–Trinajstić information content (AvgIpc) is 2.36. The van der Waals surface area contributed by atoms with E-state index in [-0.39, 0.29) is 5.91 Å². The molecule has 1 aliphatic rings. The van der Waals surface area contributed by atoms with E-state index in [9.17, 15) is 9.90 Å². The molecule has 1 aromatic rings. The molecule has 0 aromatic heterocycles. The Hall–Kier alpha value is -1.13. The lowest BCUT2D eigenvalue weighted by atomic mass is 9.95. The van der Waals surface area contributed by atoms with Crippen molar-refractivity contribution in [1.82, 2.24) is 4.90 Å². The molecule has 0 radical (unpaired) electrons. The van der Waals surface area contributed by atoms with Crippen molar-refractivity contribution in [2.45, 2.75) is 32.3 Å². The summed E-state index contributed by atoms with van der Waals surface area (Å²) < 4.78 is 0.979. The molecule has 1 fully saturated rings. The van der Waals surface area contributed by atoms with Crippen molar-refractivity contribution < 1.29 is 9.90 Å². The maximum Gasteiger partial charge on any atom is 0.246 e. The van der Waals surface area contributed by atoms with Crippen LogP contribution in [-0.4, -0.2) is 34.6 Å². The molecule has 1 saturated heterocycles. The number of carbonyl (C=O) groups excluding carboxylic acids is 1. The summed E-state index contributed by atoms with van der Waals surface area (Å²) in [4.78, 5) is 13.9. The number of β-amino-alcohol motifs (C(OH)–C–C–N with tert-alkyl or cyclic N) is 1. The lowest BCUT2D eigenvalue weighted by Gasteiger charge is -2.36. The average molecular weight is 338 g/mol. The molecule has 3 nitrogen and oxygen atoms in total. The Morgan fingerprint density at radius 3 is 2.90 bits per heavy atom. The molecule has 4 heteroatoms. The molecule has 1 aromatic carbocycles. The van der Waals surface area contributed by atoms with Gasteiger partial charge in [-0.3, -0.25) is 4.79 Å². The van der Waals surface area contributed by atoms with Crippen molar-refractivity contribution in [2.75, 3.05) is 13.1 Å². The van der Waals surface area contributed by atoms with Gasteiger partial charge in [-0.05, 0) is 50.0 Å². The van der Waals surface area contributed by atoms with E-state index in [0.717, 1.165) is 22.9 Å². The minimum Gasteiger partial charge on any atom is -0.388 e. The highest BCUT2D eigenvalue weighted by atomic mass is 79.9. The van der Waals surface area contributed by atoms with Crippen LogP contribution in [0.25, 0.3) is 6.08 Å². The molecule has 0 spiro atoms. The highest BCUT2D eigenvalue weighted by molar-refractivity contribution is 9.10. The predicted octanol–water partition coefficient (Wildman–Crippen LogP) is 3.14. The third-order valence-electron chi connectivity index (χ3n) is 3.55. The first kappa shape index (κ1) is 15.3. The van der Waals surface area contributed by atoms with E-state index >= 15 is 0 Å². The van der Waals surface area contributed by atoms with Crippen molar-refractivity contribution in [3.05, 3.63) is 39.9 Å². The van der Waals surface area contributed by atoms with Gasteiger partial charge in [0.2, 0.25) is 5.91 Å². The molecule has 0 aliphatic carbocycles. The van der Waals surface area contributed by atoms with Crippen LogP contribution in [0.4, 0.5) is 0 Å². The van der Waals surface area contributed by atoms with Crippen LogP contribution in [-0.2, 0) is 4.79 Å². The highest BCUT2D eigenvalue weighted by Gasteiger charge is 2.29. The molecule has 0 saturated carbocycles. The number of aliphatic hydroxyl groups is 1. The Morgan fingerprint density at radius 1 is 1.50 bits per heavy atom. The van der Waals surface area contributed by atoms with E-state index < -0.39 is 5.60 Å². The van der Waals surface area contributed by atoms with E-state index in [0.29, 0.717) is 13.1 Å². The molecule has 1 amide bonds. The van der Waals surface area contributed by atoms with Gasteiger partial charge < -0.3 is 10.0 Å². The third kappa shape index (κ3) is 3.93. The number of carbonyl (C=O) groups is 1. The number of benzene rings is 1. The monoisotopic (exact) mass is 337 g/mol. The van der Waals surface area contributed by atoms with Gasteiger partial charge >= 0.3 is 0 Å². The summed E-state index contributed by atoms with van der Waals surface area (Å²) in [7, 11) is 0. The van der Waals surface area contributed by atoms with Gasteiger partial charge in [-0.25, -0.2) is 0 Å². The first-order valence-corrected chi connectivity index (χ1v) is 7.62. The van der Waals surface area contributed by atoms with Gasteiger partial charge in [-0.1, -0.05) is 28.1 Å². The van der Waals surface area contributed by atoms with Gasteiger partial charge in [-0.2, -0.15) is 0 Å².